The third-order valence-corrected chi connectivity index (χ3v) is 2.84. The maximum absolute atomic E-state index is 11.2. The molecule has 0 saturated carbocycles. The molecule has 0 aliphatic carbocycles. The number of aromatic carboxylic acids is 1. The smallest absolute Gasteiger partial charge is 0.342 e. The van der Waals surface area contributed by atoms with Crippen molar-refractivity contribution in [1.82, 2.24) is 9.97 Å². The summed E-state index contributed by atoms with van der Waals surface area (Å²) < 4.78 is 0. The van der Waals surface area contributed by atoms with Crippen molar-refractivity contribution < 1.29 is 9.90 Å². The molecule has 1 aromatic heterocycles. The summed E-state index contributed by atoms with van der Waals surface area (Å²) in [4.78, 5) is 28.1. The SMILES string of the molecule is CCCSCc1ncc(C(=O)O)c(=O)[nH]1. The highest BCUT2D eigenvalue weighted by Crippen LogP contribution is 2.07. The molecule has 0 unspecified atom stereocenters. The molecule has 0 atom stereocenters. The molecule has 0 radical (unpaired) electrons. The summed E-state index contributed by atoms with van der Waals surface area (Å²) in [7, 11) is 0. The van der Waals surface area contributed by atoms with E-state index in [1.807, 2.05) is 0 Å². The van der Waals surface area contributed by atoms with E-state index in [-0.39, 0.29) is 5.56 Å². The Morgan fingerprint density at radius 2 is 2.40 bits per heavy atom. The molecule has 0 aliphatic rings. The summed E-state index contributed by atoms with van der Waals surface area (Å²) in [5.74, 6) is 0.854. The van der Waals surface area contributed by atoms with Crippen LogP contribution in [0.1, 0.15) is 29.5 Å². The lowest BCUT2D eigenvalue weighted by atomic mass is 10.3. The number of carboxylic acid groups (broad SMARTS) is 1. The number of H-pyrrole nitrogens is 1. The van der Waals surface area contributed by atoms with Crippen LogP contribution in [0.15, 0.2) is 11.0 Å². The summed E-state index contributed by atoms with van der Waals surface area (Å²) in [6.45, 7) is 2.07. The van der Waals surface area contributed by atoms with Gasteiger partial charge in [-0.2, -0.15) is 11.8 Å². The maximum Gasteiger partial charge on any atom is 0.342 e. The molecule has 1 aromatic rings. The molecule has 1 heterocycles. The molecular formula is C9H12N2O3S. The first-order valence-electron chi connectivity index (χ1n) is 4.54. The van der Waals surface area contributed by atoms with Crippen LogP contribution in [0.2, 0.25) is 0 Å². The highest BCUT2D eigenvalue weighted by atomic mass is 32.2. The molecule has 0 fully saturated rings. The predicted octanol–water partition coefficient (Wildman–Crippen LogP) is 1.11. The van der Waals surface area contributed by atoms with Gasteiger partial charge in [0.2, 0.25) is 0 Å². The number of aromatic amines is 1. The van der Waals surface area contributed by atoms with E-state index in [2.05, 4.69) is 16.9 Å². The molecule has 1 rings (SSSR count). The fourth-order valence-electron chi connectivity index (χ4n) is 0.971. The van der Waals surface area contributed by atoms with Gasteiger partial charge < -0.3 is 10.1 Å². The van der Waals surface area contributed by atoms with E-state index in [1.165, 1.54) is 0 Å². The second-order valence-corrected chi connectivity index (χ2v) is 4.04. The second-order valence-electron chi connectivity index (χ2n) is 2.93. The Bertz CT molecular complexity index is 403. The van der Waals surface area contributed by atoms with Crippen LogP contribution in [0.5, 0.6) is 0 Å². The Morgan fingerprint density at radius 1 is 1.67 bits per heavy atom. The summed E-state index contributed by atoms with van der Waals surface area (Å²) >= 11 is 1.65. The van der Waals surface area contributed by atoms with Crippen molar-refractivity contribution in [2.45, 2.75) is 19.1 Å². The largest absolute Gasteiger partial charge is 0.477 e. The van der Waals surface area contributed by atoms with Gasteiger partial charge in [-0.3, -0.25) is 4.79 Å². The van der Waals surface area contributed by atoms with E-state index < -0.39 is 11.5 Å². The lowest BCUT2D eigenvalue weighted by molar-refractivity contribution is 0.0694. The third kappa shape index (κ3) is 3.39. The van der Waals surface area contributed by atoms with E-state index in [1.54, 1.807) is 11.8 Å². The number of nitrogens with zero attached hydrogens (tertiary/aromatic N) is 1. The molecule has 0 aliphatic heterocycles. The first-order chi connectivity index (χ1) is 7.15. The van der Waals surface area contributed by atoms with Crippen molar-refractivity contribution in [3.63, 3.8) is 0 Å². The summed E-state index contributed by atoms with van der Waals surface area (Å²) in [6, 6.07) is 0. The van der Waals surface area contributed by atoms with Crippen LogP contribution in [0.3, 0.4) is 0 Å². The van der Waals surface area contributed by atoms with Gasteiger partial charge in [-0.1, -0.05) is 6.92 Å². The number of hydrogen-bond acceptors (Lipinski definition) is 4. The van der Waals surface area contributed by atoms with Crippen LogP contribution >= 0.6 is 11.8 Å². The zero-order valence-corrected chi connectivity index (χ0v) is 9.13. The molecule has 6 heteroatoms. The molecule has 0 saturated heterocycles. The number of hydrogen-bond donors (Lipinski definition) is 2. The Kier molecular flexibility index (Phi) is 4.36. The predicted molar refractivity (Wildman–Crippen MR) is 58.3 cm³/mol. The molecule has 0 bridgehead atoms. The molecular weight excluding hydrogens is 216 g/mol. The van der Waals surface area contributed by atoms with Crippen molar-refractivity contribution in [3.05, 3.63) is 27.9 Å². The maximum atomic E-state index is 11.2. The Morgan fingerprint density at radius 3 is 2.93 bits per heavy atom. The van der Waals surface area contributed by atoms with Crippen molar-refractivity contribution in [2.24, 2.45) is 0 Å². The lowest BCUT2D eigenvalue weighted by Crippen LogP contribution is -2.19. The number of rotatable bonds is 5. The van der Waals surface area contributed by atoms with Crippen molar-refractivity contribution in [3.8, 4) is 0 Å². The van der Waals surface area contributed by atoms with Gasteiger partial charge in [-0.15, -0.1) is 0 Å². The van der Waals surface area contributed by atoms with E-state index in [0.29, 0.717) is 11.6 Å². The highest BCUT2D eigenvalue weighted by Gasteiger charge is 2.09. The minimum Gasteiger partial charge on any atom is -0.477 e. The molecule has 2 N–H and O–H groups in total. The van der Waals surface area contributed by atoms with Crippen molar-refractivity contribution >= 4 is 17.7 Å². The fourth-order valence-corrected chi connectivity index (χ4v) is 1.74. The van der Waals surface area contributed by atoms with E-state index >= 15 is 0 Å². The normalized spacial score (nSPS) is 10.2. The van der Waals surface area contributed by atoms with Gasteiger partial charge in [-0.05, 0) is 12.2 Å². The molecule has 0 amide bonds. The molecule has 5 nitrogen and oxygen atoms in total. The number of carbonyl (C=O) groups is 1. The lowest BCUT2D eigenvalue weighted by Gasteiger charge is -2.00. The van der Waals surface area contributed by atoms with Crippen molar-refractivity contribution in [1.29, 1.82) is 0 Å². The van der Waals surface area contributed by atoms with Gasteiger partial charge in [0.05, 0.1) is 5.75 Å². The zero-order valence-electron chi connectivity index (χ0n) is 8.32. The Hall–Kier alpha value is -1.30. The highest BCUT2D eigenvalue weighted by molar-refractivity contribution is 7.98. The number of carboxylic acids is 1. The average molecular weight is 228 g/mol. The third-order valence-electron chi connectivity index (χ3n) is 1.67. The second kappa shape index (κ2) is 5.55. The summed E-state index contributed by atoms with van der Waals surface area (Å²) in [5, 5.41) is 8.61. The molecule has 15 heavy (non-hydrogen) atoms. The minimum atomic E-state index is -1.25. The van der Waals surface area contributed by atoms with Crippen LogP contribution in [0, 0.1) is 0 Å². The fraction of sp³-hybridized carbons (Fsp3) is 0.444. The quantitative estimate of drug-likeness (QED) is 0.738. The van der Waals surface area contributed by atoms with E-state index in [9.17, 15) is 9.59 Å². The number of thioether (sulfide) groups is 1. The van der Waals surface area contributed by atoms with Crippen molar-refractivity contribution in [2.75, 3.05) is 5.75 Å². The standard InChI is InChI=1S/C9H12N2O3S/c1-2-3-15-5-7-10-4-6(9(13)14)8(12)11-7/h4H,2-3,5H2,1H3,(H,13,14)(H,10,11,12). The van der Waals surface area contributed by atoms with Crippen LogP contribution in [-0.4, -0.2) is 26.8 Å². The van der Waals surface area contributed by atoms with Crippen LogP contribution < -0.4 is 5.56 Å². The summed E-state index contributed by atoms with van der Waals surface area (Å²) in [5.41, 5.74) is -0.913. The van der Waals surface area contributed by atoms with E-state index in [0.717, 1.165) is 18.4 Å². The minimum absolute atomic E-state index is 0.320. The zero-order chi connectivity index (χ0) is 11.3. The first kappa shape index (κ1) is 11.8. The molecule has 0 aromatic carbocycles. The van der Waals surface area contributed by atoms with Gasteiger partial charge in [0.25, 0.3) is 5.56 Å². The van der Waals surface area contributed by atoms with E-state index in [4.69, 9.17) is 5.11 Å². The van der Waals surface area contributed by atoms with Crippen LogP contribution in [0.25, 0.3) is 0 Å². The first-order valence-corrected chi connectivity index (χ1v) is 5.70. The Labute approximate surface area is 90.9 Å². The molecule has 0 spiro atoms. The number of aromatic nitrogens is 2. The van der Waals surface area contributed by atoms with Gasteiger partial charge in [0, 0.05) is 6.20 Å². The Balaban J connectivity index is 2.74. The van der Waals surface area contributed by atoms with Gasteiger partial charge in [0.1, 0.15) is 11.4 Å². The average Bonchev–Trinajstić information content (AvgIpc) is 2.17. The monoisotopic (exact) mass is 228 g/mol. The topological polar surface area (TPSA) is 83.0 Å². The number of nitrogens with one attached hydrogen (secondary N) is 1. The summed E-state index contributed by atoms with van der Waals surface area (Å²) in [6.07, 6.45) is 2.16. The van der Waals surface area contributed by atoms with Gasteiger partial charge in [-0.25, -0.2) is 9.78 Å². The van der Waals surface area contributed by atoms with Crippen LogP contribution in [0.4, 0.5) is 0 Å². The van der Waals surface area contributed by atoms with Gasteiger partial charge >= 0.3 is 5.97 Å². The van der Waals surface area contributed by atoms with Crippen LogP contribution in [-0.2, 0) is 5.75 Å². The molecule has 82 valence electrons. The van der Waals surface area contributed by atoms with Gasteiger partial charge in [0.15, 0.2) is 0 Å².